The van der Waals surface area contributed by atoms with E-state index in [1.807, 2.05) is 0 Å². The van der Waals surface area contributed by atoms with Crippen LogP contribution in [0, 0.1) is 5.82 Å². The molecule has 0 aliphatic heterocycles. The predicted molar refractivity (Wildman–Crippen MR) is 74.0 cm³/mol. The third-order valence-electron chi connectivity index (χ3n) is 2.90. The zero-order valence-corrected chi connectivity index (χ0v) is 11.4. The van der Waals surface area contributed by atoms with Crippen LogP contribution in [0.25, 0.3) is 0 Å². The van der Waals surface area contributed by atoms with Crippen LogP contribution in [0.5, 0.6) is 0 Å². The first-order chi connectivity index (χ1) is 10.1. The molecule has 0 bridgehead atoms. The molecular weight excluding hydrogens is 275 g/mol. The van der Waals surface area contributed by atoms with Crippen LogP contribution in [0.2, 0.25) is 0 Å². The van der Waals surface area contributed by atoms with E-state index in [1.54, 1.807) is 31.2 Å². The molecule has 1 atom stereocenters. The second-order valence-electron chi connectivity index (χ2n) is 4.47. The van der Waals surface area contributed by atoms with Crippen molar-refractivity contribution >= 4 is 11.8 Å². The molecule has 21 heavy (non-hydrogen) atoms. The third kappa shape index (κ3) is 3.92. The molecule has 6 heteroatoms. The summed E-state index contributed by atoms with van der Waals surface area (Å²) < 4.78 is 18.5. The van der Waals surface area contributed by atoms with Crippen molar-refractivity contribution in [3.63, 3.8) is 0 Å². The zero-order chi connectivity index (χ0) is 15.2. The van der Waals surface area contributed by atoms with Crippen molar-refractivity contribution in [2.75, 3.05) is 6.54 Å². The van der Waals surface area contributed by atoms with Crippen LogP contribution in [-0.4, -0.2) is 18.4 Å². The molecule has 1 unspecified atom stereocenters. The van der Waals surface area contributed by atoms with Crippen molar-refractivity contribution < 1.29 is 18.4 Å². The first-order valence-corrected chi connectivity index (χ1v) is 6.43. The van der Waals surface area contributed by atoms with Gasteiger partial charge in [-0.2, -0.15) is 0 Å². The number of carbonyl (C=O) groups is 2. The molecule has 5 nitrogen and oxygen atoms in total. The topological polar surface area (TPSA) is 71.3 Å². The van der Waals surface area contributed by atoms with Crippen LogP contribution in [0.4, 0.5) is 4.39 Å². The first kappa shape index (κ1) is 14.8. The van der Waals surface area contributed by atoms with Crippen LogP contribution in [-0.2, 0) is 4.79 Å². The average Bonchev–Trinajstić information content (AvgIpc) is 2.99. The highest BCUT2D eigenvalue weighted by Crippen LogP contribution is 2.15. The summed E-state index contributed by atoms with van der Waals surface area (Å²) in [6, 6.07) is 8.79. The Morgan fingerprint density at radius 3 is 2.67 bits per heavy atom. The van der Waals surface area contributed by atoms with Gasteiger partial charge in [0.2, 0.25) is 5.91 Å². The second kappa shape index (κ2) is 6.69. The van der Waals surface area contributed by atoms with E-state index in [4.69, 9.17) is 4.42 Å². The van der Waals surface area contributed by atoms with Gasteiger partial charge in [0, 0.05) is 5.56 Å². The van der Waals surface area contributed by atoms with Gasteiger partial charge in [-0.1, -0.05) is 18.2 Å². The van der Waals surface area contributed by atoms with Crippen molar-refractivity contribution in [2.24, 2.45) is 0 Å². The zero-order valence-electron chi connectivity index (χ0n) is 11.4. The molecule has 2 amide bonds. The fourth-order valence-electron chi connectivity index (χ4n) is 1.85. The molecule has 1 aromatic carbocycles. The SMILES string of the molecule is CC(NC(=O)CNC(=O)c1ccco1)c1ccccc1F. The quantitative estimate of drug-likeness (QED) is 0.885. The minimum atomic E-state index is -0.487. The maximum atomic E-state index is 13.6. The number of nitrogens with one attached hydrogen (secondary N) is 2. The predicted octanol–water partition coefficient (Wildman–Crippen LogP) is 2.03. The Labute approximate surface area is 121 Å². The lowest BCUT2D eigenvalue weighted by Gasteiger charge is -2.15. The Kier molecular flexibility index (Phi) is 4.71. The van der Waals surface area contributed by atoms with Crippen molar-refractivity contribution in [3.05, 3.63) is 59.8 Å². The van der Waals surface area contributed by atoms with Gasteiger partial charge in [-0.05, 0) is 25.1 Å². The Morgan fingerprint density at radius 2 is 2.00 bits per heavy atom. The number of furan rings is 1. The van der Waals surface area contributed by atoms with Gasteiger partial charge in [-0.15, -0.1) is 0 Å². The fourth-order valence-corrected chi connectivity index (χ4v) is 1.85. The first-order valence-electron chi connectivity index (χ1n) is 6.43. The summed E-state index contributed by atoms with van der Waals surface area (Å²) in [5.74, 6) is -1.14. The van der Waals surface area contributed by atoms with E-state index in [2.05, 4.69) is 10.6 Å². The lowest BCUT2D eigenvalue weighted by atomic mass is 10.1. The van der Waals surface area contributed by atoms with E-state index >= 15 is 0 Å². The molecular formula is C15H15FN2O3. The number of benzene rings is 1. The maximum absolute atomic E-state index is 13.6. The Hall–Kier alpha value is -2.63. The highest BCUT2D eigenvalue weighted by molar-refractivity contribution is 5.94. The molecule has 1 heterocycles. The maximum Gasteiger partial charge on any atom is 0.287 e. The van der Waals surface area contributed by atoms with E-state index < -0.39 is 17.9 Å². The summed E-state index contributed by atoms with van der Waals surface area (Å²) in [5, 5.41) is 5.03. The van der Waals surface area contributed by atoms with Crippen LogP contribution < -0.4 is 10.6 Å². The summed E-state index contributed by atoms with van der Waals surface area (Å²) >= 11 is 0. The van der Waals surface area contributed by atoms with Gasteiger partial charge in [0.25, 0.3) is 5.91 Å². The lowest BCUT2D eigenvalue weighted by molar-refractivity contribution is -0.120. The Morgan fingerprint density at radius 1 is 1.24 bits per heavy atom. The monoisotopic (exact) mass is 290 g/mol. The standard InChI is InChI=1S/C15H15FN2O3/c1-10(11-5-2-3-6-12(11)16)18-14(19)9-17-15(20)13-7-4-8-21-13/h2-8,10H,9H2,1H3,(H,17,20)(H,18,19). The molecule has 0 fully saturated rings. The normalized spacial score (nSPS) is 11.7. The highest BCUT2D eigenvalue weighted by atomic mass is 19.1. The van der Waals surface area contributed by atoms with Crippen LogP contribution >= 0.6 is 0 Å². The summed E-state index contributed by atoms with van der Waals surface area (Å²) in [6.45, 7) is 1.46. The molecule has 1 aromatic heterocycles. The van der Waals surface area contributed by atoms with E-state index in [-0.39, 0.29) is 18.1 Å². The molecule has 0 saturated carbocycles. The Bertz CT molecular complexity index is 626. The number of hydrogen-bond donors (Lipinski definition) is 2. The molecule has 2 N–H and O–H groups in total. The van der Waals surface area contributed by atoms with Crippen LogP contribution in [0.3, 0.4) is 0 Å². The van der Waals surface area contributed by atoms with Gasteiger partial charge in [0.15, 0.2) is 5.76 Å². The summed E-state index contributed by atoms with van der Waals surface area (Å²) in [7, 11) is 0. The average molecular weight is 290 g/mol. The molecule has 0 aliphatic rings. The van der Waals surface area contributed by atoms with Gasteiger partial charge >= 0.3 is 0 Å². The van der Waals surface area contributed by atoms with Crippen LogP contribution in [0.1, 0.15) is 29.1 Å². The smallest absolute Gasteiger partial charge is 0.287 e. The summed E-state index contributed by atoms with van der Waals surface area (Å²) in [4.78, 5) is 23.3. The number of hydrogen-bond acceptors (Lipinski definition) is 3. The van der Waals surface area contributed by atoms with Crippen molar-refractivity contribution in [2.45, 2.75) is 13.0 Å². The number of rotatable bonds is 5. The van der Waals surface area contributed by atoms with Gasteiger partial charge < -0.3 is 15.1 Å². The molecule has 2 aromatic rings. The second-order valence-corrected chi connectivity index (χ2v) is 4.47. The van der Waals surface area contributed by atoms with Crippen molar-refractivity contribution in [1.82, 2.24) is 10.6 Å². The number of halogens is 1. The van der Waals surface area contributed by atoms with Crippen molar-refractivity contribution in [1.29, 1.82) is 0 Å². The van der Waals surface area contributed by atoms with Crippen LogP contribution in [0.15, 0.2) is 47.1 Å². The van der Waals surface area contributed by atoms with Gasteiger partial charge in [0.05, 0.1) is 18.8 Å². The number of carbonyl (C=O) groups excluding carboxylic acids is 2. The van der Waals surface area contributed by atoms with Crippen molar-refractivity contribution in [3.8, 4) is 0 Å². The van der Waals surface area contributed by atoms with E-state index in [0.29, 0.717) is 5.56 Å². The van der Waals surface area contributed by atoms with E-state index in [0.717, 1.165) is 0 Å². The Balaban J connectivity index is 1.85. The minimum absolute atomic E-state index is 0.130. The fraction of sp³-hybridized carbons (Fsp3) is 0.200. The largest absolute Gasteiger partial charge is 0.459 e. The minimum Gasteiger partial charge on any atom is -0.459 e. The molecule has 0 saturated heterocycles. The molecule has 2 rings (SSSR count). The molecule has 0 spiro atoms. The van der Waals surface area contributed by atoms with E-state index in [9.17, 15) is 14.0 Å². The molecule has 0 radical (unpaired) electrons. The highest BCUT2D eigenvalue weighted by Gasteiger charge is 2.14. The van der Waals surface area contributed by atoms with Gasteiger partial charge in [-0.3, -0.25) is 9.59 Å². The third-order valence-corrected chi connectivity index (χ3v) is 2.90. The summed E-state index contributed by atoms with van der Waals surface area (Å²) in [6.07, 6.45) is 1.37. The van der Waals surface area contributed by atoms with Gasteiger partial charge in [0.1, 0.15) is 5.82 Å². The molecule has 110 valence electrons. The number of amides is 2. The van der Waals surface area contributed by atoms with Gasteiger partial charge in [-0.25, -0.2) is 4.39 Å². The molecule has 0 aliphatic carbocycles. The summed E-state index contributed by atoms with van der Waals surface area (Å²) in [5.41, 5.74) is 0.392. The lowest BCUT2D eigenvalue weighted by Crippen LogP contribution is -2.38. The van der Waals surface area contributed by atoms with E-state index in [1.165, 1.54) is 18.4 Å².